The van der Waals surface area contributed by atoms with E-state index in [4.69, 9.17) is 11.6 Å². The Hall–Kier alpha value is -1.96. The molecule has 1 aliphatic heterocycles. The van der Waals surface area contributed by atoms with Crippen LogP contribution in [0.25, 0.3) is 0 Å². The molecule has 5 nitrogen and oxygen atoms in total. The molecule has 2 aromatic carbocycles. The SMILES string of the molecule is Cc1c(Cl)cccc1NC(=O)c1ccc(F)c(S(=O)(=O)N2CC(C)CC(C)C2)c1. The van der Waals surface area contributed by atoms with E-state index < -0.39 is 26.6 Å². The third-order valence-corrected chi connectivity index (χ3v) is 7.42. The number of amides is 1. The minimum absolute atomic E-state index is 0.0578. The molecule has 1 amide bonds. The van der Waals surface area contributed by atoms with Gasteiger partial charge in [0.05, 0.1) is 0 Å². The summed E-state index contributed by atoms with van der Waals surface area (Å²) in [4.78, 5) is 12.2. The molecule has 8 heteroatoms. The fourth-order valence-electron chi connectivity index (χ4n) is 3.72. The number of anilines is 1. The minimum atomic E-state index is -4.05. The molecule has 0 aromatic heterocycles. The lowest BCUT2D eigenvalue weighted by molar-refractivity contribution is 0.102. The van der Waals surface area contributed by atoms with Gasteiger partial charge >= 0.3 is 0 Å². The first kappa shape index (κ1) is 21.7. The molecule has 0 radical (unpaired) electrons. The van der Waals surface area contributed by atoms with E-state index in [2.05, 4.69) is 5.32 Å². The number of nitrogens with one attached hydrogen (secondary N) is 1. The lowest BCUT2D eigenvalue weighted by atomic mass is 9.94. The Kier molecular flexibility index (Phi) is 6.31. The van der Waals surface area contributed by atoms with E-state index >= 15 is 0 Å². The van der Waals surface area contributed by atoms with Crippen molar-refractivity contribution in [2.24, 2.45) is 11.8 Å². The van der Waals surface area contributed by atoms with Crippen LogP contribution in [-0.4, -0.2) is 31.7 Å². The number of halogens is 2. The van der Waals surface area contributed by atoms with Gasteiger partial charge in [0.1, 0.15) is 10.7 Å². The maximum atomic E-state index is 14.5. The Bertz CT molecular complexity index is 1030. The van der Waals surface area contributed by atoms with Crippen molar-refractivity contribution in [3.05, 3.63) is 58.4 Å². The number of nitrogens with zero attached hydrogens (tertiary/aromatic N) is 1. The van der Waals surface area contributed by atoms with Crippen LogP contribution in [0.4, 0.5) is 10.1 Å². The van der Waals surface area contributed by atoms with Gasteiger partial charge in [-0.15, -0.1) is 0 Å². The first-order valence-corrected chi connectivity index (χ1v) is 11.3. The van der Waals surface area contributed by atoms with Gasteiger partial charge in [0.2, 0.25) is 10.0 Å². The van der Waals surface area contributed by atoms with E-state index in [-0.39, 0.29) is 17.4 Å². The highest BCUT2D eigenvalue weighted by molar-refractivity contribution is 7.89. The first-order chi connectivity index (χ1) is 13.6. The van der Waals surface area contributed by atoms with E-state index in [1.165, 1.54) is 10.4 Å². The number of rotatable bonds is 4. The van der Waals surface area contributed by atoms with Crippen LogP contribution in [0, 0.1) is 24.6 Å². The molecule has 0 saturated carbocycles. The molecule has 2 aromatic rings. The number of piperidine rings is 1. The van der Waals surface area contributed by atoms with Crippen molar-refractivity contribution in [1.82, 2.24) is 4.31 Å². The molecule has 0 spiro atoms. The third-order valence-electron chi connectivity index (χ3n) is 5.16. The zero-order valence-electron chi connectivity index (χ0n) is 16.6. The number of sulfonamides is 1. The van der Waals surface area contributed by atoms with Crippen molar-refractivity contribution in [3.8, 4) is 0 Å². The van der Waals surface area contributed by atoms with Gasteiger partial charge in [-0.3, -0.25) is 4.79 Å². The Labute approximate surface area is 175 Å². The monoisotopic (exact) mass is 438 g/mol. The van der Waals surface area contributed by atoms with Gasteiger partial charge in [-0.1, -0.05) is 31.5 Å². The molecule has 1 fully saturated rings. The van der Waals surface area contributed by atoms with Crippen LogP contribution in [0.3, 0.4) is 0 Å². The third kappa shape index (κ3) is 4.63. The molecule has 1 aliphatic rings. The second kappa shape index (κ2) is 8.42. The zero-order chi connectivity index (χ0) is 21.3. The summed E-state index contributed by atoms with van der Waals surface area (Å²) in [5, 5.41) is 3.20. The normalized spacial score (nSPS) is 20.4. The molecule has 2 unspecified atom stereocenters. The summed E-state index contributed by atoms with van der Waals surface area (Å²) in [7, 11) is -4.05. The second-order valence-electron chi connectivity index (χ2n) is 7.78. The van der Waals surface area contributed by atoms with Crippen LogP contribution in [0.1, 0.15) is 36.2 Å². The summed E-state index contributed by atoms with van der Waals surface area (Å²) < 4.78 is 41.9. The van der Waals surface area contributed by atoms with Crippen LogP contribution >= 0.6 is 11.6 Å². The van der Waals surface area contributed by atoms with Gasteiger partial charge in [-0.05, 0) is 61.1 Å². The van der Waals surface area contributed by atoms with Gasteiger partial charge in [0.25, 0.3) is 5.91 Å². The lowest BCUT2D eigenvalue weighted by Crippen LogP contribution is -2.42. The van der Waals surface area contributed by atoms with Gasteiger partial charge in [0.15, 0.2) is 0 Å². The number of hydrogen-bond acceptors (Lipinski definition) is 3. The Balaban J connectivity index is 1.91. The van der Waals surface area contributed by atoms with Crippen molar-refractivity contribution in [3.63, 3.8) is 0 Å². The molecule has 0 bridgehead atoms. The van der Waals surface area contributed by atoms with Crippen LogP contribution in [-0.2, 0) is 10.0 Å². The molecule has 3 rings (SSSR count). The van der Waals surface area contributed by atoms with Crippen molar-refractivity contribution < 1.29 is 17.6 Å². The topological polar surface area (TPSA) is 66.5 Å². The summed E-state index contributed by atoms with van der Waals surface area (Å²) in [5.41, 5.74) is 1.26. The van der Waals surface area contributed by atoms with Gasteiger partial charge in [0, 0.05) is 29.4 Å². The molecular formula is C21H24ClFN2O3S. The quantitative estimate of drug-likeness (QED) is 0.751. The molecular weight excluding hydrogens is 415 g/mol. The highest BCUT2D eigenvalue weighted by atomic mass is 35.5. The molecule has 0 aliphatic carbocycles. The van der Waals surface area contributed by atoms with Crippen LogP contribution < -0.4 is 5.32 Å². The predicted molar refractivity (Wildman–Crippen MR) is 112 cm³/mol. The summed E-state index contributed by atoms with van der Waals surface area (Å²) >= 11 is 6.07. The molecule has 1 N–H and O–H groups in total. The predicted octanol–water partition coefficient (Wildman–Crippen LogP) is 4.71. The number of carbonyl (C=O) groups excluding carboxylic acids is 1. The van der Waals surface area contributed by atoms with E-state index in [0.29, 0.717) is 29.4 Å². The van der Waals surface area contributed by atoms with Crippen LogP contribution in [0.5, 0.6) is 0 Å². The second-order valence-corrected chi connectivity index (χ2v) is 10.1. The van der Waals surface area contributed by atoms with Gasteiger partial charge in [-0.2, -0.15) is 4.31 Å². The summed E-state index contributed by atoms with van der Waals surface area (Å²) in [6.45, 7) is 6.39. The zero-order valence-corrected chi connectivity index (χ0v) is 18.1. The molecule has 29 heavy (non-hydrogen) atoms. The van der Waals surface area contributed by atoms with Crippen LogP contribution in [0.2, 0.25) is 5.02 Å². The standard InChI is InChI=1S/C21H24ClFN2O3S/c1-13-9-14(2)12-25(11-13)29(27,28)20-10-16(7-8-18(20)23)21(26)24-19-6-4-5-17(22)15(19)3/h4-8,10,13-14H,9,11-12H2,1-3H3,(H,24,26). The molecule has 1 heterocycles. The van der Waals surface area contributed by atoms with Gasteiger partial charge < -0.3 is 5.32 Å². The van der Waals surface area contributed by atoms with E-state index in [1.807, 2.05) is 13.8 Å². The van der Waals surface area contributed by atoms with Crippen molar-refractivity contribution in [2.75, 3.05) is 18.4 Å². The number of benzene rings is 2. The van der Waals surface area contributed by atoms with E-state index in [9.17, 15) is 17.6 Å². The summed E-state index contributed by atoms with van der Waals surface area (Å²) in [5.74, 6) is -1.03. The van der Waals surface area contributed by atoms with Crippen molar-refractivity contribution >= 4 is 33.2 Å². The molecule has 156 valence electrons. The average Bonchev–Trinajstić information content (AvgIpc) is 2.64. The smallest absolute Gasteiger partial charge is 0.255 e. The maximum absolute atomic E-state index is 14.5. The van der Waals surface area contributed by atoms with Gasteiger partial charge in [-0.25, -0.2) is 12.8 Å². The molecule has 1 saturated heterocycles. The Morgan fingerprint density at radius 1 is 1.17 bits per heavy atom. The first-order valence-electron chi connectivity index (χ1n) is 9.45. The highest BCUT2D eigenvalue weighted by Crippen LogP contribution is 2.29. The average molecular weight is 439 g/mol. The van der Waals surface area contributed by atoms with Crippen molar-refractivity contribution in [1.29, 1.82) is 0 Å². The van der Waals surface area contributed by atoms with Crippen molar-refractivity contribution in [2.45, 2.75) is 32.1 Å². The number of hydrogen-bond donors (Lipinski definition) is 1. The summed E-state index contributed by atoms with van der Waals surface area (Å²) in [6, 6.07) is 8.48. The molecule has 2 atom stereocenters. The fraction of sp³-hybridized carbons (Fsp3) is 0.381. The van der Waals surface area contributed by atoms with E-state index in [1.54, 1.807) is 25.1 Å². The maximum Gasteiger partial charge on any atom is 0.255 e. The fourth-order valence-corrected chi connectivity index (χ4v) is 5.67. The Morgan fingerprint density at radius 2 is 1.83 bits per heavy atom. The van der Waals surface area contributed by atoms with E-state index in [0.717, 1.165) is 18.6 Å². The largest absolute Gasteiger partial charge is 0.322 e. The lowest BCUT2D eigenvalue weighted by Gasteiger charge is -2.34. The van der Waals surface area contributed by atoms with Crippen LogP contribution in [0.15, 0.2) is 41.3 Å². The Morgan fingerprint density at radius 3 is 2.48 bits per heavy atom. The number of carbonyl (C=O) groups is 1. The highest BCUT2D eigenvalue weighted by Gasteiger charge is 2.33. The summed E-state index contributed by atoms with van der Waals surface area (Å²) in [6.07, 6.45) is 0.927. The minimum Gasteiger partial charge on any atom is -0.322 e.